The van der Waals surface area contributed by atoms with Gasteiger partial charge in [0.15, 0.2) is 0 Å². The number of aliphatic imine (C=N–C) groups is 2. The molecule has 1 aliphatic carbocycles. The maximum absolute atomic E-state index is 13.4. The highest BCUT2D eigenvalue weighted by Crippen LogP contribution is 2.44. The number of pyridine rings is 1. The first-order valence-electron chi connectivity index (χ1n) is 16.0. The molecule has 2 unspecified atom stereocenters. The number of anilines is 1. The van der Waals surface area contributed by atoms with Crippen LogP contribution in [0.5, 0.6) is 5.75 Å². The van der Waals surface area contributed by atoms with Crippen LogP contribution in [0.1, 0.15) is 56.2 Å². The van der Waals surface area contributed by atoms with Crippen LogP contribution >= 0.6 is 0 Å². The van der Waals surface area contributed by atoms with E-state index in [4.69, 9.17) is 14.7 Å². The standard InChI is InChI=1S/C36H34N6O5/c1-41-13-10-21(11-14-41)42-35(45)24-15-20-16-30(40-29(20)17-25(24)36(42)46)33-27(9-12-37-34(33)44)38-18-22(43)19-47-31-8-4-7-28-32(31)23-5-2-3-6-26(23)39-28/h2-9,12,15,17,21-23,43H,10-11,13-14,16,18-19H2,1H3,(H2,37,38,44). The van der Waals surface area contributed by atoms with Crippen LogP contribution in [-0.2, 0) is 6.42 Å². The summed E-state index contributed by atoms with van der Waals surface area (Å²) in [5.74, 6) is 0.181. The Kier molecular flexibility index (Phi) is 7.22. The van der Waals surface area contributed by atoms with Crippen molar-refractivity contribution in [2.24, 2.45) is 9.98 Å². The van der Waals surface area contributed by atoms with Crippen LogP contribution in [0.15, 0.2) is 81.7 Å². The fraction of sp³-hybridized carbons (Fsp3) is 0.306. The minimum Gasteiger partial charge on any atom is -0.490 e. The molecular formula is C36H34N6O5. The van der Waals surface area contributed by atoms with Crippen molar-refractivity contribution in [3.05, 3.63) is 105 Å². The SMILES string of the molecule is CN1CCC(N2C(=O)c3cc4c(cc3C2=O)N=C(c2c(NCC(O)COc3cccc5c3C3C=CC=CC3=N5)cc[nH]c2=O)C4)CC1. The van der Waals surface area contributed by atoms with Crippen molar-refractivity contribution >= 4 is 40.3 Å². The average molecular weight is 631 g/mol. The Hall–Kier alpha value is -5.13. The summed E-state index contributed by atoms with van der Waals surface area (Å²) in [6.45, 7) is 1.85. The molecule has 11 nitrogen and oxygen atoms in total. The van der Waals surface area contributed by atoms with Crippen LogP contribution in [0.25, 0.3) is 0 Å². The van der Waals surface area contributed by atoms with Crippen molar-refractivity contribution in [2.75, 3.05) is 38.6 Å². The van der Waals surface area contributed by atoms with E-state index in [0.29, 0.717) is 45.9 Å². The number of amides is 2. The Morgan fingerprint density at radius 1 is 1.04 bits per heavy atom. The lowest BCUT2D eigenvalue weighted by Crippen LogP contribution is -2.46. The Bertz CT molecular complexity index is 2000. The largest absolute Gasteiger partial charge is 0.490 e. The zero-order valence-electron chi connectivity index (χ0n) is 25.9. The number of likely N-dealkylation sites (tertiary alicyclic amines) is 1. The van der Waals surface area contributed by atoms with Crippen LogP contribution in [0.2, 0.25) is 0 Å². The Labute approximate surface area is 271 Å². The molecule has 3 aromatic rings. The summed E-state index contributed by atoms with van der Waals surface area (Å²) in [5.41, 5.74) is 6.03. The van der Waals surface area contributed by atoms with Gasteiger partial charge in [-0.1, -0.05) is 24.3 Å². The Morgan fingerprint density at radius 3 is 2.68 bits per heavy atom. The normalized spacial score (nSPS) is 20.5. The van der Waals surface area contributed by atoms with E-state index in [1.54, 1.807) is 24.4 Å². The molecule has 1 fully saturated rings. The molecule has 5 heterocycles. The second-order valence-electron chi connectivity index (χ2n) is 12.7. The van der Waals surface area contributed by atoms with Crippen LogP contribution in [0.4, 0.5) is 17.1 Å². The third-order valence-corrected chi connectivity index (χ3v) is 9.60. The quantitative estimate of drug-likeness (QED) is 0.321. The van der Waals surface area contributed by atoms with Crippen LogP contribution < -0.4 is 15.6 Å². The zero-order valence-corrected chi connectivity index (χ0v) is 25.9. The highest BCUT2D eigenvalue weighted by Gasteiger charge is 2.42. The fourth-order valence-corrected chi connectivity index (χ4v) is 7.15. The minimum absolute atomic E-state index is 0.0342. The van der Waals surface area contributed by atoms with Crippen LogP contribution in [0.3, 0.4) is 0 Å². The van der Waals surface area contributed by atoms with Gasteiger partial charge in [0.1, 0.15) is 18.5 Å². The zero-order chi connectivity index (χ0) is 32.2. The number of fused-ring (bicyclic) bond motifs is 5. The summed E-state index contributed by atoms with van der Waals surface area (Å²) in [6, 6.07) is 10.8. The average Bonchev–Trinajstić information content (AvgIpc) is 3.74. The number of benzene rings is 2. The van der Waals surface area contributed by atoms with Gasteiger partial charge in [0.2, 0.25) is 0 Å². The first-order chi connectivity index (χ1) is 22.9. The topological polar surface area (TPSA) is 140 Å². The van der Waals surface area contributed by atoms with E-state index in [2.05, 4.69) is 21.3 Å². The maximum atomic E-state index is 13.4. The summed E-state index contributed by atoms with van der Waals surface area (Å²) in [5, 5.41) is 14.1. The molecule has 47 heavy (non-hydrogen) atoms. The monoisotopic (exact) mass is 630 g/mol. The van der Waals surface area contributed by atoms with E-state index in [-0.39, 0.29) is 42.5 Å². The molecule has 0 saturated carbocycles. The molecular weight excluding hydrogens is 596 g/mol. The minimum atomic E-state index is -0.878. The number of aromatic amines is 1. The van der Waals surface area contributed by atoms with Crippen molar-refractivity contribution in [1.29, 1.82) is 0 Å². The number of hydrogen-bond donors (Lipinski definition) is 3. The van der Waals surface area contributed by atoms with E-state index in [9.17, 15) is 19.5 Å². The second-order valence-corrected chi connectivity index (χ2v) is 12.7. The van der Waals surface area contributed by atoms with E-state index >= 15 is 0 Å². The number of aliphatic hydroxyl groups excluding tert-OH is 1. The van der Waals surface area contributed by atoms with Crippen molar-refractivity contribution in [3.63, 3.8) is 0 Å². The molecule has 8 rings (SSSR count). The van der Waals surface area contributed by atoms with Gasteiger partial charge in [-0.05, 0) is 75.0 Å². The molecule has 5 aliphatic rings. The lowest BCUT2D eigenvalue weighted by Gasteiger charge is -2.33. The number of allylic oxidation sites excluding steroid dienone is 4. The number of rotatable bonds is 8. The predicted octanol–water partition coefficient (Wildman–Crippen LogP) is 3.89. The molecule has 1 saturated heterocycles. The lowest BCUT2D eigenvalue weighted by atomic mass is 9.92. The van der Waals surface area contributed by atoms with Gasteiger partial charge >= 0.3 is 0 Å². The number of H-pyrrole nitrogens is 1. The van der Waals surface area contributed by atoms with Gasteiger partial charge in [-0.3, -0.25) is 29.3 Å². The molecule has 238 valence electrons. The van der Waals surface area contributed by atoms with E-state index < -0.39 is 6.10 Å². The highest BCUT2D eigenvalue weighted by atomic mass is 16.5. The summed E-state index contributed by atoms with van der Waals surface area (Å²) >= 11 is 0. The number of nitrogens with zero attached hydrogens (tertiary/aromatic N) is 4. The molecule has 3 N–H and O–H groups in total. The smallest absolute Gasteiger partial charge is 0.261 e. The summed E-state index contributed by atoms with van der Waals surface area (Å²) in [7, 11) is 2.04. The van der Waals surface area contributed by atoms with Gasteiger partial charge in [-0.2, -0.15) is 0 Å². The number of ether oxygens (including phenoxy) is 1. The summed E-state index contributed by atoms with van der Waals surface area (Å²) < 4.78 is 6.08. The number of nitrogens with one attached hydrogen (secondary N) is 2. The molecule has 2 amide bonds. The molecule has 4 aliphatic heterocycles. The number of aliphatic hydroxyl groups is 1. The van der Waals surface area contributed by atoms with E-state index in [0.717, 1.165) is 48.5 Å². The van der Waals surface area contributed by atoms with Crippen LogP contribution in [0, 0.1) is 0 Å². The molecule has 0 radical (unpaired) electrons. The highest BCUT2D eigenvalue weighted by molar-refractivity contribution is 6.22. The third kappa shape index (κ3) is 5.12. The second kappa shape index (κ2) is 11.6. The van der Waals surface area contributed by atoms with Gasteiger partial charge in [0.25, 0.3) is 17.4 Å². The molecule has 1 aromatic heterocycles. The number of imide groups is 1. The summed E-state index contributed by atoms with van der Waals surface area (Å²) in [4.78, 5) is 55.7. The van der Waals surface area contributed by atoms with Gasteiger partial charge in [0.05, 0.1) is 51.1 Å². The number of carbonyl (C=O) groups excluding carboxylic acids is 2. The van der Waals surface area contributed by atoms with Crippen LogP contribution in [-0.4, -0.2) is 88.6 Å². The number of carbonyl (C=O) groups is 2. The molecule has 2 atom stereocenters. The van der Waals surface area contributed by atoms with E-state index in [1.807, 2.05) is 43.5 Å². The van der Waals surface area contributed by atoms with Gasteiger partial charge < -0.3 is 25.0 Å². The Morgan fingerprint density at radius 2 is 1.85 bits per heavy atom. The van der Waals surface area contributed by atoms with Gasteiger partial charge in [-0.15, -0.1) is 0 Å². The number of hydrogen-bond acceptors (Lipinski definition) is 9. The molecule has 0 spiro atoms. The van der Waals surface area contributed by atoms with Crippen molar-refractivity contribution < 1.29 is 19.4 Å². The fourth-order valence-electron chi connectivity index (χ4n) is 7.15. The third-order valence-electron chi connectivity index (χ3n) is 9.60. The van der Waals surface area contributed by atoms with Gasteiger partial charge in [-0.25, -0.2) is 0 Å². The number of piperidine rings is 1. The first kappa shape index (κ1) is 29.3. The van der Waals surface area contributed by atoms with Gasteiger partial charge in [0, 0.05) is 30.8 Å². The maximum Gasteiger partial charge on any atom is 0.261 e. The van der Waals surface area contributed by atoms with Crippen molar-refractivity contribution in [3.8, 4) is 5.75 Å². The van der Waals surface area contributed by atoms with E-state index in [1.165, 1.54) is 4.90 Å². The molecule has 0 bridgehead atoms. The Balaban J connectivity index is 0.960. The molecule has 2 aromatic carbocycles. The predicted molar refractivity (Wildman–Crippen MR) is 179 cm³/mol. The first-order valence-corrected chi connectivity index (χ1v) is 16.0. The van der Waals surface area contributed by atoms with Crippen molar-refractivity contribution in [2.45, 2.75) is 37.3 Å². The number of aromatic nitrogens is 1. The molecule has 11 heteroatoms. The summed E-state index contributed by atoms with van der Waals surface area (Å²) in [6.07, 6.45) is 10.6. The van der Waals surface area contributed by atoms with Crippen molar-refractivity contribution in [1.82, 2.24) is 14.8 Å². The lowest BCUT2D eigenvalue weighted by molar-refractivity contribution is 0.0516.